The van der Waals surface area contributed by atoms with Crippen molar-refractivity contribution >= 4 is 29.1 Å². The van der Waals surface area contributed by atoms with Crippen LogP contribution in [-0.4, -0.2) is 27.6 Å². The van der Waals surface area contributed by atoms with Gasteiger partial charge in [-0.1, -0.05) is 43.0 Å². The number of amides is 2. The molecule has 0 saturated heterocycles. The first kappa shape index (κ1) is 23.8. The third kappa shape index (κ3) is 5.22. The minimum Gasteiger partial charge on any atom is -0.618 e. The van der Waals surface area contributed by atoms with Gasteiger partial charge in [0.25, 0.3) is 5.91 Å². The standard InChI is InChI=1S/C25H28ClN5O3/c1-16-21(14-19(26)15-31(16)34)17-8-10-20(11-9-17)28-25(33)23(18-6-4-3-5-7-18)29-24(32)22-12-13-27-30(22)2/h8-15,18,23H,3-7H2,1-2H3,(H,28,33)(H,29,32)/t23-/m0/s1. The van der Waals surface area contributed by atoms with Gasteiger partial charge in [0, 0.05) is 25.9 Å². The highest BCUT2D eigenvalue weighted by atomic mass is 35.5. The van der Waals surface area contributed by atoms with Crippen molar-refractivity contribution in [3.8, 4) is 11.1 Å². The van der Waals surface area contributed by atoms with E-state index in [9.17, 15) is 14.8 Å². The number of hydrogen-bond acceptors (Lipinski definition) is 4. The van der Waals surface area contributed by atoms with Gasteiger partial charge in [-0.15, -0.1) is 0 Å². The molecule has 2 N–H and O–H groups in total. The third-order valence-electron chi connectivity index (χ3n) is 6.45. The van der Waals surface area contributed by atoms with E-state index >= 15 is 0 Å². The van der Waals surface area contributed by atoms with Crippen LogP contribution in [0, 0.1) is 18.0 Å². The Kier molecular flexibility index (Phi) is 7.17. The zero-order chi connectivity index (χ0) is 24.2. The monoisotopic (exact) mass is 481 g/mol. The normalized spacial score (nSPS) is 15.0. The van der Waals surface area contributed by atoms with Crippen molar-refractivity contribution in [1.82, 2.24) is 15.1 Å². The highest BCUT2D eigenvalue weighted by Crippen LogP contribution is 2.29. The van der Waals surface area contributed by atoms with Crippen molar-refractivity contribution in [3.05, 3.63) is 70.4 Å². The molecule has 0 bridgehead atoms. The molecule has 9 heteroatoms. The number of aromatic nitrogens is 3. The Morgan fingerprint density at radius 2 is 1.88 bits per heavy atom. The molecule has 1 fully saturated rings. The summed E-state index contributed by atoms with van der Waals surface area (Å²) in [6.45, 7) is 1.73. The number of carbonyl (C=O) groups excluding carboxylic acids is 2. The summed E-state index contributed by atoms with van der Waals surface area (Å²) in [5.41, 5.74) is 3.10. The second kappa shape index (κ2) is 10.3. The van der Waals surface area contributed by atoms with Gasteiger partial charge in [-0.2, -0.15) is 9.83 Å². The Hall–Kier alpha value is -3.39. The summed E-state index contributed by atoms with van der Waals surface area (Å²) in [5.74, 6) is -0.485. The lowest BCUT2D eigenvalue weighted by Gasteiger charge is -2.30. The fraction of sp³-hybridized carbons (Fsp3) is 0.360. The highest BCUT2D eigenvalue weighted by Gasteiger charge is 2.32. The Morgan fingerprint density at radius 1 is 1.18 bits per heavy atom. The summed E-state index contributed by atoms with van der Waals surface area (Å²) in [7, 11) is 1.70. The molecule has 2 heterocycles. The second-order valence-electron chi connectivity index (χ2n) is 8.74. The molecule has 1 aliphatic carbocycles. The number of halogens is 1. The number of carbonyl (C=O) groups is 2. The van der Waals surface area contributed by atoms with E-state index in [0.717, 1.165) is 48.0 Å². The first-order valence-corrected chi connectivity index (χ1v) is 11.8. The van der Waals surface area contributed by atoms with E-state index in [2.05, 4.69) is 15.7 Å². The average molecular weight is 482 g/mol. The lowest BCUT2D eigenvalue weighted by molar-refractivity contribution is -0.611. The molecular weight excluding hydrogens is 454 g/mol. The van der Waals surface area contributed by atoms with Gasteiger partial charge in [0.05, 0.1) is 5.56 Å². The highest BCUT2D eigenvalue weighted by molar-refractivity contribution is 6.30. The van der Waals surface area contributed by atoms with Crippen molar-refractivity contribution in [2.24, 2.45) is 13.0 Å². The molecule has 4 rings (SSSR count). The molecule has 8 nitrogen and oxygen atoms in total. The van der Waals surface area contributed by atoms with E-state index < -0.39 is 6.04 Å². The van der Waals surface area contributed by atoms with E-state index in [-0.39, 0.29) is 17.7 Å². The van der Waals surface area contributed by atoms with Gasteiger partial charge >= 0.3 is 0 Å². The topological polar surface area (TPSA) is 103 Å². The Balaban J connectivity index is 1.52. The van der Waals surface area contributed by atoms with Gasteiger partial charge in [-0.05, 0) is 48.6 Å². The Labute approximate surface area is 203 Å². The number of rotatable bonds is 6. The summed E-state index contributed by atoms with van der Waals surface area (Å²) in [6.07, 6.45) is 7.90. The molecule has 1 atom stereocenters. The zero-order valence-corrected chi connectivity index (χ0v) is 20.0. The van der Waals surface area contributed by atoms with Crippen LogP contribution in [-0.2, 0) is 11.8 Å². The van der Waals surface area contributed by atoms with Gasteiger partial charge in [-0.3, -0.25) is 14.3 Å². The lowest BCUT2D eigenvalue weighted by atomic mass is 9.83. The first-order valence-electron chi connectivity index (χ1n) is 11.4. The van der Waals surface area contributed by atoms with Crippen molar-refractivity contribution in [2.45, 2.75) is 45.1 Å². The van der Waals surface area contributed by atoms with Crippen LogP contribution in [0.4, 0.5) is 5.69 Å². The summed E-state index contributed by atoms with van der Waals surface area (Å²) in [5, 5.41) is 22.3. The maximum absolute atomic E-state index is 13.3. The minimum atomic E-state index is -0.642. The van der Waals surface area contributed by atoms with Gasteiger partial charge in [0.2, 0.25) is 5.91 Å². The molecule has 178 valence electrons. The number of anilines is 1. The van der Waals surface area contributed by atoms with Crippen molar-refractivity contribution in [3.63, 3.8) is 0 Å². The van der Waals surface area contributed by atoms with Crippen LogP contribution < -0.4 is 15.4 Å². The van der Waals surface area contributed by atoms with Gasteiger partial charge in [0.15, 0.2) is 11.9 Å². The van der Waals surface area contributed by atoms with Gasteiger partial charge in [0.1, 0.15) is 16.8 Å². The summed E-state index contributed by atoms with van der Waals surface area (Å²) in [4.78, 5) is 26.1. The Morgan fingerprint density at radius 3 is 2.53 bits per heavy atom. The lowest BCUT2D eigenvalue weighted by Crippen LogP contribution is -2.49. The van der Waals surface area contributed by atoms with E-state index in [1.807, 2.05) is 12.1 Å². The molecule has 2 aromatic heterocycles. The number of pyridine rings is 1. The zero-order valence-electron chi connectivity index (χ0n) is 19.3. The van der Waals surface area contributed by atoms with Gasteiger partial charge in [-0.25, -0.2) is 0 Å². The van der Waals surface area contributed by atoms with Gasteiger partial charge < -0.3 is 15.8 Å². The Bertz CT molecular complexity index is 1190. The van der Waals surface area contributed by atoms with Crippen molar-refractivity contribution in [1.29, 1.82) is 0 Å². The fourth-order valence-corrected chi connectivity index (χ4v) is 4.73. The van der Waals surface area contributed by atoms with Crippen LogP contribution in [0.15, 0.2) is 48.8 Å². The molecule has 1 aromatic carbocycles. The molecule has 0 spiro atoms. The van der Waals surface area contributed by atoms with Crippen LogP contribution in [0.25, 0.3) is 11.1 Å². The molecule has 34 heavy (non-hydrogen) atoms. The number of benzene rings is 1. The molecule has 2 amide bonds. The molecule has 0 aliphatic heterocycles. The van der Waals surface area contributed by atoms with E-state index in [0.29, 0.717) is 22.1 Å². The predicted molar refractivity (Wildman–Crippen MR) is 130 cm³/mol. The molecule has 3 aromatic rings. The van der Waals surface area contributed by atoms with Crippen molar-refractivity contribution in [2.75, 3.05) is 5.32 Å². The SMILES string of the molecule is Cc1c(-c2ccc(NC(=O)[C@@H](NC(=O)c3ccnn3C)C3CCCCC3)cc2)cc(Cl)c[n+]1[O-]. The predicted octanol–water partition coefficient (Wildman–Crippen LogP) is 4.00. The molecule has 0 radical (unpaired) electrons. The molecule has 1 aliphatic rings. The van der Waals surface area contributed by atoms with E-state index in [1.54, 1.807) is 44.4 Å². The summed E-state index contributed by atoms with van der Waals surface area (Å²) in [6, 6.07) is 9.96. The summed E-state index contributed by atoms with van der Waals surface area (Å²) >= 11 is 6.05. The largest absolute Gasteiger partial charge is 0.618 e. The number of nitrogens with zero attached hydrogens (tertiary/aromatic N) is 3. The fourth-order valence-electron chi connectivity index (χ4n) is 4.53. The van der Waals surface area contributed by atoms with Crippen LogP contribution in [0.2, 0.25) is 5.02 Å². The van der Waals surface area contributed by atoms with Crippen molar-refractivity contribution < 1.29 is 14.3 Å². The minimum absolute atomic E-state index is 0.0758. The maximum atomic E-state index is 13.3. The van der Waals surface area contributed by atoms with Crippen LogP contribution in [0.5, 0.6) is 0 Å². The number of aryl methyl sites for hydroxylation is 1. The molecule has 1 saturated carbocycles. The molecular formula is C25H28ClN5O3. The van der Waals surface area contributed by atoms with Crippen LogP contribution >= 0.6 is 11.6 Å². The second-order valence-corrected chi connectivity index (χ2v) is 9.18. The van der Waals surface area contributed by atoms with E-state index in [1.165, 1.54) is 10.9 Å². The smallest absolute Gasteiger partial charge is 0.270 e. The first-order chi connectivity index (χ1) is 16.3. The maximum Gasteiger partial charge on any atom is 0.270 e. The quantitative estimate of drug-likeness (QED) is 0.410. The average Bonchev–Trinajstić information content (AvgIpc) is 3.26. The van der Waals surface area contributed by atoms with Crippen LogP contribution in [0.3, 0.4) is 0 Å². The summed E-state index contributed by atoms with van der Waals surface area (Å²) < 4.78 is 2.24. The molecule has 0 unspecified atom stereocenters. The van der Waals surface area contributed by atoms with E-state index in [4.69, 9.17) is 11.6 Å². The number of hydrogen-bond donors (Lipinski definition) is 2. The van der Waals surface area contributed by atoms with Crippen LogP contribution in [0.1, 0.15) is 48.3 Å². The number of nitrogens with one attached hydrogen (secondary N) is 2. The third-order valence-corrected chi connectivity index (χ3v) is 6.66.